The van der Waals surface area contributed by atoms with E-state index in [9.17, 15) is 9.59 Å². The molecule has 7 nitrogen and oxygen atoms in total. The number of urea groups is 1. The lowest BCUT2D eigenvalue weighted by Crippen LogP contribution is -2.46. The van der Waals surface area contributed by atoms with Crippen LogP contribution in [-0.2, 0) is 11.3 Å². The van der Waals surface area contributed by atoms with Crippen molar-refractivity contribution in [3.8, 4) is 12.3 Å². The standard InChI is InChI=1S/C11H14N4O3/c1-2-4-9(10(16)17)14-11(18)12-6-8-15-7-3-5-13-15/h1,3,5,7,9H,4,6,8H2,(H,16,17)(H2,12,14,18). The monoisotopic (exact) mass is 250 g/mol. The molecule has 0 fully saturated rings. The molecule has 0 spiro atoms. The topological polar surface area (TPSA) is 96.3 Å². The van der Waals surface area contributed by atoms with Crippen LogP contribution in [0, 0.1) is 12.3 Å². The third-order valence-electron chi connectivity index (χ3n) is 2.11. The molecule has 0 radical (unpaired) electrons. The SMILES string of the molecule is C#CCC(NC(=O)NCCn1cccn1)C(=O)O. The quantitative estimate of drug-likeness (QED) is 0.602. The number of nitrogens with one attached hydrogen (secondary N) is 2. The van der Waals surface area contributed by atoms with Gasteiger partial charge in [-0.25, -0.2) is 9.59 Å². The number of carboxylic acids is 1. The summed E-state index contributed by atoms with van der Waals surface area (Å²) in [4.78, 5) is 22.1. The highest BCUT2D eigenvalue weighted by Gasteiger charge is 2.18. The molecule has 7 heteroatoms. The molecule has 1 atom stereocenters. The maximum Gasteiger partial charge on any atom is 0.327 e. The zero-order valence-electron chi connectivity index (χ0n) is 9.67. The zero-order valence-corrected chi connectivity index (χ0v) is 9.67. The summed E-state index contributed by atoms with van der Waals surface area (Å²) in [6, 6.07) is 0.137. The van der Waals surface area contributed by atoms with E-state index in [1.807, 2.05) is 0 Å². The second-order valence-electron chi connectivity index (χ2n) is 3.47. The van der Waals surface area contributed by atoms with Gasteiger partial charge in [0.15, 0.2) is 0 Å². The molecule has 0 saturated carbocycles. The molecule has 0 saturated heterocycles. The third kappa shape index (κ3) is 4.57. The molecule has 2 amide bonds. The van der Waals surface area contributed by atoms with Gasteiger partial charge in [0, 0.05) is 25.4 Å². The average molecular weight is 250 g/mol. The van der Waals surface area contributed by atoms with Crippen LogP contribution in [0.25, 0.3) is 0 Å². The van der Waals surface area contributed by atoms with Crippen LogP contribution < -0.4 is 10.6 Å². The summed E-state index contributed by atoms with van der Waals surface area (Å²) in [5.41, 5.74) is 0. The van der Waals surface area contributed by atoms with Crippen molar-refractivity contribution in [1.82, 2.24) is 20.4 Å². The summed E-state index contributed by atoms with van der Waals surface area (Å²) >= 11 is 0. The minimum Gasteiger partial charge on any atom is -0.480 e. The number of aliphatic carboxylic acids is 1. The van der Waals surface area contributed by atoms with Gasteiger partial charge in [-0.2, -0.15) is 5.10 Å². The minimum absolute atomic E-state index is 0.0537. The number of terminal acetylenes is 1. The molecule has 96 valence electrons. The number of amides is 2. The molecule has 0 bridgehead atoms. The fraction of sp³-hybridized carbons (Fsp3) is 0.364. The van der Waals surface area contributed by atoms with Gasteiger partial charge in [-0.3, -0.25) is 4.68 Å². The summed E-state index contributed by atoms with van der Waals surface area (Å²) in [6.07, 6.45) is 8.35. The first-order valence-electron chi connectivity index (χ1n) is 5.31. The highest BCUT2D eigenvalue weighted by molar-refractivity contribution is 5.82. The number of hydrogen-bond donors (Lipinski definition) is 3. The van der Waals surface area contributed by atoms with Crippen molar-refractivity contribution in [3.63, 3.8) is 0 Å². The number of carbonyl (C=O) groups excluding carboxylic acids is 1. The number of carboxylic acid groups (broad SMARTS) is 1. The fourth-order valence-corrected chi connectivity index (χ4v) is 1.24. The molecule has 1 aromatic rings. The van der Waals surface area contributed by atoms with Gasteiger partial charge >= 0.3 is 12.0 Å². The predicted octanol–water partition coefficient (Wildman–Crippen LogP) is -0.341. The Balaban J connectivity index is 2.28. The van der Waals surface area contributed by atoms with Crippen LogP contribution in [0.2, 0.25) is 0 Å². The van der Waals surface area contributed by atoms with E-state index < -0.39 is 18.0 Å². The van der Waals surface area contributed by atoms with Gasteiger partial charge in [0.2, 0.25) is 0 Å². The Morgan fingerprint density at radius 1 is 1.56 bits per heavy atom. The van der Waals surface area contributed by atoms with Crippen molar-refractivity contribution in [1.29, 1.82) is 0 Å². The maximum atomic E-state index is 11.4. The molecule has 1 aromatic heterocycles. The van der Waals surface area contributed by atoms with Gasteiger partial charge in [0.1, 0.15) is 6.04 Å². The molecule has 3 N–H and O–H groups in total. The molecule has 1 heterocycles. The minimum atomic E-state index is -1.16. The van der Waals surface area contributed by atoms with E-state index in [1.54, 1.807) is 23.1 Å². The van der Waals surface area contributed by atoms with E-state index in [0.29, 0.717) is 13.1 Å². The molecule has 0 aliphatic rings. The second kappa shape index (κ2) is 6.96. The van der Waals surface area contributed by atoms with Gasteiger partial charge in [0.05, 0.1) is 6.54 Å². The van der Waals surface area contributed by atoms with Gasteiger partial charge in [-0.05, 0) is 6.07 Å². The van der Waals surface area contributed by atoms with Crippen LogP contribution in [0.1, 0.15) is 6.42 Å². The van der Waals surface area contributed by atoms with Crippen molar-refractivity contribution in [3.05, 3.63) is 18.5 Å². The van der Waals surface area contributed by atoms with E-state index >= 15 is 0 Å². The summed E-state index contributed by atoms with van der Waals surface area (Å²) in [5, 5.41) is 17.5. The third-order valence-corrected chi connectivity index (χ3v) is 2.11. The Morgan fingerprint density at radius 2 is 2.33 bits per heavy atom. The highest BCUT2D eigenvalue weighted by Crippen LogP contribution is 1.90. The van der Waals surface area contributed by atoms with Crippen LogP contribution in [0.5, 0.6) is 0 Å². The van der Waals surface area contributed by atoms with E-state index in [0.717, 1.165) is 0 Å². The van der Waals surface area contributed by atoms with Crippen LogP contribution in [0.3, 0.4) is 0 Å². The van der Waals surface area contributed by atoms with Gasteiger partial charge in [-0.1, -0.05) is 0 Å². The summed E-state index contributed by atoms with van der Waals surface area (Å²) in [7, 11) is 0. The van der Waals surface area contributed by atoms with Crippen LogP contribution >= 0.6 is 0 Å². The van der Waals surface area contributed by atoms with Gasteiger partial charge in [0.25, 0.3) is 0 Å². The number of aromatic nitrogens is 2. The fourth-order valence-electron chi connectivity index (χ4n) is 1.24. The molecular formula is C11H14N4O3. The normalized spacial score (nSPS) is 11.3. The van der Waals surface area contributed by atoms with Crippen molar-refractivity contribution in [2.24, 2.45) is 0 Å². The Hall–Kier alpha value is -2.49. The molecule has 0 aliphatic heterocycles. The van der Waals surface area contributed by atoms with Crippen LogP contribution in [-0.4, -0.2) is 39.5 Å². The van der Waals surface area contributed by atoms with E-state index in [-0.39, 0.29) is 6.42 Å². The average Bonchev–Trinajstić information content (AvgIpc) is 2.81. The van der Waals surface area contributed by atoms with E-state index in [1.165, 1.54) is 0 Å². The van der Waals surface area contributed by atoms with E-state index in [2.05, 4.69) is 21.7 Å². The maximum absolute atomic E-state index is 11.4. The molecule has 1 rings (SSSR count). The Bertz CT molecular complexity index is 436. The first kappa shape index (κ1) is 13.6. The zero-order chi connectivity index (χ0) is 13.4. The van der Waals surface area contributed by atoms with Crippen molar-refractivity contribution in [2.75, 3.05) is 6.54 Å². The Kier molecular flexibility index (Phi) is 5.25. The van der Waals surface area contributed by atoms with Crippen LogP contribution in [0.15, 0.2) is 18.5 Å². The number of carbonyl (C=O) groups is 2. The van der Waals surface area contributed by atoms with Gasteiger partial charge < -0.3 is 15.7 Å². The lowest BCUT2D eigenvalue weighted by Gasteiger charge is -2.12. The summed E-state index contributed by atoms with van der Waals surface area (Å²) in [5.74, 6) is 1.04. The van der Waals surface area contributed by atoms with Crippen molar-refractivity contribution >= 4 is 12.0 Å². The van der Waals surface area contributed by atoms with Crippen molar-refractivity contribution < 1.29 is 14.7 Å². The molecule has 0 aromatic carbocycles. The largest absolute Gasteiger partial charge is 0.480 e. The number of hydrogen-bond acceptors (Lipinski definition) is 3. The number of rotatable bonds is 6. The predicted molar refractivity (Wildman–Crippen MR) is 63.6 cm³/mol. The summed E-state index contributed by atoms with van der Waals surface area (Å²) < 4.78 is 1.65. The smallest absolute Gasteiger partial charge is 0.327 e. The van der Waals surface area contributed by atoms with Gasteiger partial charge in [-0.15, -0.1) is 12.3 Å². The second-order valence-corrected chi connectivity index (χ2v) is 3.47. The van der Waals surface area contributed by atoms with Crippen LogP contribution in [0.4, 0.5) is 4.79 Å². The van der Waals surface area contributed by atoms with Crippen molar-refractivity contribution in [2.45, 2.75) is 19.0 Å². The first-order valence-corrected chi connectivity index (χ1v) is 5.31. The number of nitrogens with zero attached hydrogens (tertiary/aromatic N) is 2. The Labute approximate surface area is 104 Å². The first-order chi connectivity index (χ1) is 8.63. The highest BCUT2D eigenvalue weighted by atomic mass is 16.4. The molecular weight excluding hydrogens is 236 g/mol. The molecule has 0 aliphatic carbocycles. The van der Waals surface area contributed by atoms with E-state index in [4.69, 9.17) is 11.5 Å². The molecule has 1 unspecified atom stereocenters. The lowest BCUT2D eigenvalue weighted by atomic mass is 10.2. The Morgan fingerprint density at radius 3 is 2.89 bits per heavy atom. The molecule has 18 heavy (non-hydrogen) atoms. The lowest BCUT2D eigenvalue weighted by molar-refractivity contribution is -0.139. The summed E-state index contributed by atoms with van der Waals surface area (Å²) in [6.45, 7) is 0.850.